The van der Waals surface area contributed by atoms with Crippen LogP contribution in [0.4, 0.5) is 0 Å². The Morgan fingerprint density at radius 2 is 1.77 bits per heavy atom. The Morgan fingerprint density at radius 1 is 1.07 bits per heavy atom. The average molecular weight is 546 g/mol. The third kappa shape index (κ3) is 6.56. The van der Waals surface area contributed by atoms with Gasteiger partial charge in [0, 0.05) is 29.3 Å². The molecule has 6 heteroatoms. The van der Waals surface area contributed by atoms with E-state index in [4.69, 9.17) is 9.47 Å². The number of aliphatic hydroxyl groups excluding tert-OH is 1. The van der Waals surface area contributed by atoms with Crippen LogP contribution in [-0.4, -0.2) is 35.7 Å². The topological polar surface area (TPSA) is 84.9 Å². The van der Waals surface area contributed by atoms with E-state index in [9.17, 15) is 14.7 Å². The zero-order valence-corrected chi connectivity index (χ0v) is 24.9. The Kier molecular flexibility index (Phi) is 9.01. The minimum atomic E-state index is -0.431. The molecule has 6 nitrogen and oxygen atoms in total. The van der Waals surface area contributed by atoms with E-state index in [-0.39, 0.29) is 43.9 Å². The van der Waals surface area contributed by atoms with E-state index in [0.717, 1.165) is 28.1 Å². The lowest BCUT2D eigenvalue weighted by atomic mass is 9.70. The van der Waals surface area contributed by atoms with Gasteiger partial charge in [0.25, 0.3) is 0 Å². The fourth-order valence-electron chi connectivity index (χ4n) is 6.27. The summed E-state index contributed by atoms with van der Waals surface area (Å²) in [5, 5.41) is 13.5. The van der Waals surface area contributed by atoms with E-state index in [1.54, 1.807) is 6.92 Å². The molecule has 40 heavy (non-hydrogen) atoms. The van der Waals surface area contributed by atoms with Crippen LogP contribution in [0.25, 0.3) is 0 Å². The smallest absolute Gasteiger partial charge is 0.310 e. The zero-order valence-electron chi connectivity index (χ0n) is 24.9. The van der Waals surface area contributed by atoms with Crippen molar-refractivity contribution in [1.29, 1.82) is 0 Å². The quantitative estimate of drug-likeness (QED) is 0.384. The first-order valence-electron chi connectivity index (χ1n) is 14.2. The molecule has 0 saturated heterocycles. The van der Waals surface area contributed by atoms with Gasteiger partial charge in [-0.15, -0.1) is 0 Å². The summed E-state index contributed by atoms with van der Waals surface area (Å²) < 4.78 is 11.6. The molecule has 0 bridgehead atoms. The van der Waals surface area contributed by atoms with Crippen LogP contribution >= 0.6 is 0 Å². The predicted molar refractivity (Wildman–Crippen MR) is 157 cm³/mol. The van der Waals surface area contributed by atoms with Gasteiger partial charge in [-0.2, -0.15) is 0 Å². The second-order valence-corrected chi connectivity index (χ2v) is 12.1. The summed E-state index contributed by atoms with van der Waals surface area (Å²) in [6.07, 6.45) is 1.14. The zero-order chi connectivity index (χ0) is 29.2. The van der Waals surface area contributed by atoms with Gasteiger partial charge < -0.3 is 19.9 Å². The molecule has 1 aliphatic heterocycles. The number of carbonyl (C=O) groups excluding carboxylic acids is 2. The van der Waals surface area contributed by atoms with E-state index in [1.807, 2.05) is 45.0 Å². The highest BCUT2D eigenvalue weighted by molar-refractivity contribution is 6.00. The summed E-state index contributed by atoms with van der Waals surface area (Å²) in [6.45, 7) is 14.6. The Morgan fingerprint density at radius 3 is 2.40 bits per heavy atom. The molecule has 2 N–H and O–H groups in total. The first kappa shape index (κ1) is 29.8. The molecule has 2 aromatic rings. The summed E-state index contributed by atoms with van der Waals surface area (Å²) in [5.74, 6) is -0.638. The summed E-state index contributed by atoms with van der Waals surface area (Å²) >= 11 is 0. The molecule has 0 saturated carbocycles. The Bertz CT molecular complexity index is 1340. The van der Waals surface area contributed by atoms with E-state index in [0.29, 0.717) is 18.4 Å². The lowest BCUT2D eigenvalue weighted by Gasteiger charge is -2.39. The number of Topliss-reactive ketones (excluding diaryl/α,β-unsaturated/α-hetero) is 1. The number of hydrogen-bond acceptors (Lipinski definition) is 6. The maximum absolute atomic E-state index is 14.1. The molecule has 0 radical (unpaired) electrons. The third-order valence-electron chi connectivity index (χ3n) is 7.74. The molecule has 2 unspecified atom stereocenters. The van der Waals surface area contributed by atoms with Crippen molar-refractivity contribution in [2.45, 2.75) is 91.8 Å². The first-order chi connectivity index (χ1) is 18.9. The predicted octanol–water partition coefficient (Wildman–Crippen LogP) is 6.21. The Labute approximate surface area is 238 Å². The van der Waals surface area contributed by atoms with Gasteiger partial charge >= 0.3 is 5.97 Å². The summed E-state index contributed by atoms with van der Waals surface area (Å²) in [6, 6.07) is 12.0. The second-order valence-electron chi connectivity index (χ2n) is 12.1. The molecule has 214 valence electrons. The van der Waals surface area contributed by atoms with Crippen molar-refractivity contribution >= 4 is 11.8 Å². The normalized spacial score (nSPS) is 19.4. The highest BCUT2D eigenvalue weighted by Gasteiger charge is 2.41. The van der Waals surface area contributed by atoms with Crippen molar-refractivity contribution < 1.29 is 24.2 Å². The number of esters is 1. The molecule has 4 rings (SSSR count). The van der Waals surface area contributed by atoms with Crippen LogP contribution in [0.5, 0.6) is 0 Å². The number of carbonyl (C=O) groups is 2. The Balaban J connectivity index is 1.86. The van der Waals surface area contributed by atoms with Crippen LogP contribution in [0.1, 0.15) is 92.2 Å². The van der Waals surface area contributed by atoms with Crippen LogP contribution in [0, 0.1) is 20.8 Å². The number of benzene rings is 2. The van der Waals surface area contributed by atoms with Crippen LogP contribution < -0.4 is 5.32 Å². The maximum atomic E-state index is 14.1. The standard InChI is InChI=1S/C34H43NO5/c1-8-39-30(38)17-26-28(19-40-34(5,6)7)35-27-15-25(31-21(3)12-20(2)13-22(31)4)16-29(37)33(27)32(26)24-11-9-10-23(14-24)18-36/h9-14,25,32,35-36H,8,15-19H2,1-7H3. The molecule has 2 atom stereocenters. The monoisotopic (exact) mass is 545 g/mol. The fourth-order valence-corrected chi connectivity index (χ4v) is 6.27. The molecule has 0 spiro atoms. The SMILES string of the molecule is CCOC(=O)CC1=C(COC(C)(C)C)NC2=C(C(=O)CC(c3c(C)cc(C)cc3C)C2)C1c1cccc(CO)c1. The maximum Gasteiger partial charge on any atom is 0.310 e. The number of nitrogens with one attached hydrogen (secondary N) is 1. The van der Waals surface area contributed by atoms with Crippen molar-refractivity contribution in [2.24, 2.45) is 0 Å². The van der Waals surface area contributed by atoms with E-state index in [1.165, 1.54) is 22.3 Å². The number of hydrogen-bond donors (Lipinski definition) is 2. The minimum Gasteiger partial charge on any atom is -0.466 e. The van der Waals surface area contributed by atoms with Gasteiger partial charge in [0.2, 0.25) is 0 Å². The van der Waals surface area contributed by atoms with Gasteiger partial charge in [0.1, 0.15) is 0 Å². The van der Waals surface area contributed by atoms with Crippen molar-refractivity contribution in [3.63, 3.8) is 0 Å². The van der Waals surface area contributed by atoms with Crippen molar-refractivity contribution in [3.05, 3.63) is 92.3 Å². The average Bonchev–Trinajstić information content (AvgIpc) is 2.86. The highest BCUT2D eigenvalue weighted by Crippen LogP contribution is 2.47. The molecular formula is C34H43NO5. The summed E-state index contributed by atoms with van der Waals surface area (Å²) in [7, 11) is 0. The van der Waals surface area contributed by atoms with Gasteiger partial charge in [0.15, 0.2) is 5.78 Å². The van der Waals surface area contributed by atoms with Crippen LogP contribution in [0.2, 0.25) is 0 Å². The van der Waals surface area contributed by atoms with Gasteiger partial charge in [0.05, 0.1) is 31.8 Å². The number of ether oxygens (including phenoxy) is 2. The van der Waals surface area contributed by atoms with Crippen LogP contribution in [-0.2, 0) is 25.7 Å². The largest absolute Gasteiger partial charge is 0.466 e. The summed E-state index contributed by atoms with van der Waals surface area (Å²) in [5.41, 5.74) is 9.27. The number of allylic oxidation sites excluding steroid dienone is 2. The van der Waals surface area contributed by atoms with Gasteiger partial charge in [-0.25, -0.2) is 0 Å². The van der Waals surface area contributed by atoms with Crippen LogP contribution in [0.15, 0.2) is 58.9 Å². The van der Waals surface area contributed by atoms with Gasteiger partial charge in [-0.1, -0.05) is 42.0 Å². The lowest BCUT2D eigenvalue weighted by Crippen LogP contribution is -2.37. The molecule has 1 aliphatic carbocycles. The first-order valence-corrected chi connectivity index (χ1v) is 14.2. The van der Waals surface area contributed by atoms with E-state index < -0.39 is 11.5 Å². The molecular weight excluding hydrogens is 502 g/mol. The lowest BCUT2D eigenvalue weighted by molar-refractivity contribution is -0.142. The van der Waals surface area contributed by atoms with E-state index in [2.05, 4.69) is 38.2 Å². The Hall–Kier alpha value is -3.22. The second kappa shape index (κ2) is 12.1. The summed E-state index contributed by atoms with van der Waals surface area (Å²) in [4.78, 5) is 27.0. The van der Waals surface area contributed by atoms with Crippen molar-refractivity contribution in [2.75, 3.05) is 13.2 Å². The van der Waals surface area contributed by atoms with Crippen molar-refractivity contribution in [3.8, 4) is 0 Å². The molecule has 0 fully saturated rings. The molecule has 2 aliphatic rings. The molecule has 0 aromatic heterocycles. The third-order valence-corrected chi connectivity index (χ3v) is 7.74. The number of rotatable bonds is 8. The van der Waals surface area contributed by atoms with Gasteiger partial charge in [-0.05, 0) is 94.2 Å². The molecule has 1 heterocycles. The number of aliphatic hydroxyl groups is 1. The van der Waals surface area contributed by atoms with Crippen molar-refractivity contribution in [1.82, 2.24) is 5.32 Å². The number of ketones is 1. The van der Waals surface area contributed by atoms with E-state index >= 15 is 0 Å². The molecule has 0 amide bonds. The van der Waals surface area contributed by atoms with Crippen LogP contribution in [0.3, 0.4) is 0 Å². The molecule has 2 aromatic carbocycles. The minimum absolute atomic E-state index is 0.0430. The highest BCUT2D eigenvalue weighted by atomic mass is 16.5. The number of aryl methyl sites for hydroxylation is 3. The van der Waals surface area contributed by atoms with Gasteiger partial charge in [-0.3, -0.25) is 9.59 Å². The fraction of sp³-hybridized carbons (Fsp3) is 0.471. The number of dihydropyridines is 1.